The number of benzene rings is 3. The highest BCUT2D eigenvalue weighted by atomic mass is 35.5. The third-order valence-corrected chi connectivity index (χ3v) is 7.78. The van der Waals surface area contributed by atoms with Gasteiger partial charge >= 0.3 is 12.4 Å². The normalized spacial score (nSPS) is 14.2. The average Bonchev–Trinajstić information content (AvgIpc) is 3.61. The molecule has 1 fully saturated rings. The molecule has 1 aliphatic rings. The van der Waals surface area contributed by atoms with Crippen LogP contribution in [0.3, 0.4) is 0 Å². The molecule has 0 radical (unpaired) electrons. The third kappa shape index (κ3) is 7.59. The van der Waals surface area contributed by atoms with Gasteiger partial charge in [-0.3, -0.25) is 9.69 Å². The molecular formula is C30H26ClF3N6O4S. The zero-order valence-electron chi connectivity index (χ0n) is 24.1. The van der Waals surface area contributed by atoms with Crippen molar-refractivity contribution >= 4 is 57.5 Å². The summed E-state index contributed by atoms with van der Waals surface area (Å²) in [5.41, 5.74) is 4.22. The van der Waals surface area contributed by atoms with Gasteiger partial charge in [0.1, 0.15) is 5.75 Å². The van der Waals surface area contributed by atoms with E-state index in [-0.39, 0.29) is 34.2 Å². The number of amides is 3. The lowest BCUT2D eigenvalue weighted by Gasteiger charge is -2.22. The van der Waals surface area contributed by atoms with Crippen LogP contribution in [0.5, 0.6) is 5.75 Å². The molecule has 1 saturated heterocycles. The average molecular weight is 659 g/mol. The van der Waals surface area contributed by atoms with Crippen molar-refractivity contribution in [3.63, 3.8) is 0 Å². The molecule has 0 unspecified atom stereocenters. The van der Waals surface area contributed by atoms with Crippen molar-refractivity contribution in [1.29, 1.82) is 0 Å². The van der Waals surface area contributed by atoms with Crippen LogP contribution in [0.2, 0.25) is 5.02 Å². The van der Waals surface area contributed by atoms with Crippen LogP contribution >= 0.6 is 23.4 Å². The smallest absolute Gasteiger partial charge is 0.406 e. The summed E-state index contributed by atoms with van der Waals surface area (Å²) in [4.78, 5) is 37.7. The van der Waals surface area contributed by atoms with Crippen LogP contribution in [0, 0.1) is 0 Å². The minimum Gasteiger partial charge on any atom is -0.406 e. The number of hydrogen-bond donors (Lipinski definition) is 1. The van der Waals surface area contributed by atoms with Crippen LogP contribution in [0.15, 0.2) is 78.2 Å². The van der Waals surface area contributed by atoms with E-state index in [1.165, 1.54) is 35.5 Å². The fourth-order valence-corrected chi connectivity index (χ4v) is 5.51. The van der Waals surface area contributed by atoms with Crippen LogP contribution in [0.1, 0.15) is 5.56 Å². The summed E-state index contributed by atoms with van der Waals surface area (Å²) >= 11 is 7.65. The molecule has 1 N–H and O–H groups in total. The molecule has 3 amide bonds. The first-order valence-corrected chi connectivity index (χ1v) is 14.6. The Hall–Kier alpha value is -4.53. The van der Waals surface area contributed by atoms with E-state index < -0.39 is 12.4 Å². The molecule has 10 nitrogen and oxygen atoms in total. The van der Waals surface area contributed by atoms with Gasteiger partial charge in [0.25, 0.3) is 0 Å². The summed E-state index contributed by atoms with van der Waals surface area (Å²) in [5.74, 6) is -0.425. The number of alkyl halides is 3. The number of hydrogen-bond acceptors (Lipinski definition) is 7. The number of halogens is 4. The van der Waals surface area contributed by atoms with E-state index in [2.05, 4.69) is 20.0 Å². The van der Waals surface area contributed by atoms with Gasteiger partial charge in [0.15, 0.2) is 5.17 Å². The van der Waals surface area contributed by atoms with Gasteiger partial charge in [0, 0.05) is 49.9 Å². The molecule has 4 aromatic rings. The number of ether oxygens (including phenoxy) is 2. The summed E-state index contributed by atoms with van der Waals surface area (Å²) in [6.45, 7) is 0.264. The fourth-order valence-electron chi connectivity index (χ4n) is 4.43. The molecule has 15 heteroatoms. The van der Waals surface area contributed by atoms with E-state index in [1.807, 2.05) is 37.2 Å². The second-order valence-corrected chi connectivity index (χ2v) is 11.2. The Kier molecular flexibility index (Phi) is 9.37. The number of imidazole rings is 1. The second kappa shape index (κ2) is 13.2. The van der Waals surface area contributed by atoms with Gasteiger partial charge in [-0.15, -0.1) is 13.2 Å². The molecule has 0 bridgehead atoms. The topological polar surface area (TPSA) is 101 Å². The lowest BCUT2D eigenvalue weighted by atomic mass is 10.1. The first kappa shape index (κ1) is 31.9. The lowest BCUT2D eigenvalue weighted by molar-refractivity contribution is -0.274. The zero-order valence-corrected chi connectivity index (χ0v) is 25.7. The van der Waals surface area contributed by atoms with Crippen LogP contribution in [-0.2, 0) is 16.1 Å². The summed E-state index contributed by atoms with van der Waals surface area (Å²) in [6.07, 6.45) is -1.57. The highest BCUT2D eigenvalue weighted by Crippen LogP contribution is 2.34. The van der Waals surface area contributed by atoms with Crippen molar-refractivity contribution in [1.82, 2.24) is 9.55 Å². The van der Waals surface area contributed by atoms with Crippen molar-refractivity contribution in [2.75, 3.05) is 42.1 Å². The summed E-state index contributed by atoms with van der Waals surface area (Å²) < 4.78 is 48.2. The number of urea groups is 1. The number of carbonyl (C=O) groups excluding carboxylic acids is 2. The number of methoxy groups -OCH3 is 1. The number of nitrogens with one attached hydrogen (secondary N) is 1. The molecule has 3 aromatic carbocycles. The van der Waals surface area contributed by atoms with E-state index in [1.54, 1.807) is 36.1 Å². The Morgan fingerprint density at radius 2 is 1.89 bits per heavy atom. The number of nitrogens with zero attached hydrogens (tertiary/aromatic N) is 5. The third-order valence-electron chi connectivity index (χ3n) is 6.55. The SMILES string of the molecule is COCc1ccc(N(C)C)cc1N1C(=O)CS/C1=N\C(=O)Nc1ccc(-n2cnc(-c3ccc(OC(F)(F)F)cc3)c2)cc1Cl. The quantitative estimate of drug-likeness (QED) is 0.218. The largest absolute Gasteiger partial charge is 0.573 e. The van der Waals surface area contributed by atoms with E-state index in [0.717, 1.165) is 23.0 Å². The Morgan fingerprint density at radius 1 is 1.13 bits per heavy atom. The van der Waals surface area contributed by atoms with Crippen molar-refractivity contribution in [3.8, 4) is 22.7 Å². The molecule has 5 rings (SSSR count). The first-order valence-electron chi connectivity index (χ1n) is 13.3. The Morgan fingerprint density at radius 3 is 2.56 bits per heavy atom. The Balaban J connectivity index is 1.31. The van der Waals surface area contributed by atoms with Gasteiger partial charge in [-0.1, -0.05) is 29.4 Å². The van der Waals surface area contributed by atoms with Crippen LogP contribution in [0.25, 0.3) is 16.9 Å². The Labute approximate surface area is 265 Å². The number of aliphatic imine (C=N–C) groups is 1. The molecule has 0 aliphatic carbocycles. The summed E-state index contributed by atoms with van der Waals surface area (Å²) in [7, 11) is 5.33. The van der Waals surface area contributed by atoms with E-state index in [9.17, 15) is 22.8 Å². The van der Waals surface area contributed by atoms with Gasteiger partial charge < -0.3 is 24.3 Å². The van der Waals surface area contributed by atoms with Crippen molar-refractivity contribution in [3.05, 3.63) is 83.8 Å². The minimum absolute atomic E-state index is 0.124. The number of thioether (sulfide) groups is 1. The number of aromatic nitrogens is 2. The monoisotopic (exact) mass is 658 g/mol. The molecule has 1 aromatic heterocycles. The molecular weight excluding hydrogens is 633 g/mol. The fraction of sp³-hybridized carbons (Fsp3) is 0.200. The van der Waals surface area contributed by atoms with Crippen molar-refractivity contribution in [2.24, 2.45) is 4.99 Å². The molecule has 2 heterocycles. The van der Waals surface area contributed by atoms with Crippen LogP contribution in [0.4, 0.5) is 35.0 Å². The number of anilines is 3. The maximum atomic E-state index is 13.0. The molecule has 0 atom stereocenters. The van der Waals surface area contributed by atoms with Gasteiger partial charge in [0.2, 0.25) is 5.91 Å². The summed E-state index contributed by atoms with van der Waals surface area (Å²) in [5, 5.41) is 3.11. The minimum atomic E-state index is -4.78. The van der Waals surface area contributed by atoms with E-state index >= 15 is 0 Å². The second-order valence-electron chi connectivity index (χ2n) is 9.89. The van der Waals surface area contributed by atoms with Crippen LogP contribution in [-0.4, -0.2) is 60.0 Å². The van der Waals surface area contributed by atoms with Crippen LogP contribution < -0.4 is 19.9 Å². The maximum absolute atomic E-state index is 13.0. The summed E-state index contributed by atoms with van der Waals surface area (Å²) in [6, 6.07) is 15.2. The van der Waals surface area contributed by atoms with E-state index in [0.29, 0.717) is 28.3 Å². The number of carbonyl (C=O) groups is 2. The molecule has 45 heavy (non-hydrogen) atoms. The van der Waals surface area contributed by atoms with Crippen molar-refractivity contribution < 1.29 is 32.2 Å². The van der Waals surface area contributed by atoms with Crippen molar-refractivity contribution in [2.45, 2.75) is 13.0 Å². The molecule has 0 spiro atoms. The first-order chi connectivity index (χ1) is 21.4. The lowest BCUT2D eigenvalue weighted by Crippen LogP contribution is -2.31. The number of rotatable bonds is 8. The molecule has 234 valence electrons. The predicted molar refractivity (Wildman–Crippen MR) is 169 cm³/mol. The van der Waals surface area contributed by atoms with E-state index in [4.69, 9.17) is 16.3 Å². The highest BCUT2D eigenvalue weighted by molar-refractivity contribution is 8.15. The number of amidine groups is 1. The highest BCUT2D eigenvalue weighted by Gasteiger charge is 2.33. The predicted octanol–water partition coefficient (Wildman–Crippen LogP) is 6.97. The molecule has 1 aliphatic heterocycles. The zero-order chi connectivity index (χ0) is 32.3. The van der Waals surface area contributed by atoms with Gasteiger partial charge in [-0.05, 0) is 54.6 Å². The Bertz CT molecular complexity index is 1760. The van der Waals surface area contributed by atoms with Gasteiger partial charge in [0.05, 0.1) is 40.8 Å². The van der Waals surface area contributed by atoms with Gasteiger partial charge in [-0.25, -0.2) is 9.78 Å². The standard InChI is InChI=1S/C30H26ClF3N6O4S/c1-38(2)20-7-4-19(15-43-3)26(13-20)40-27(41)16-45-29(40)37-28(42)36-24-11-8-21(12-23(24)31)39-14-25(35-17-39)18-5-9-22(10-6-18)44-30(32,33)34/h4-14,17H,15-16H2,1-3H3,(H,36,42)/b37-29-. The molecule has 0 saturated carbocycles. The maximum Gasteiger partial charge on any atom is 0.573 e. The van der Waals surface area contributed by atoms with Gasteiger partial charge in [-0.2, -0.15) is 4.99 Å².